The number of hydrogen-bond acceptors (Lipinski definition) is 6. The minimum absolute atomic E-state index is 0.0531. The number of cyclic esters (lactones) is 1. The summed E-state index contributed by atoms with van der Waals surface area (Å²) in [6.45, 7) is 1.40. The number of amides is 1. The van der Waals surface area contributed by atoms with Crippen molar-refractivity contribution in [2.75, 3.05) is 20.2 Å². The summed E-state index contributed by atoms with van der Waals surface area (Å²) in [6, 6.07) is 21.0. The molecule has 3 aromatic carbocycles. The number of fused-ring (bicyclic) bond motifs is 1. The molecule has 0 radical (unpaired) electrons. The summed E-state index contributed by atoms with van der Waals surface area (Å²) in [5.74, 6) is 0.293. The maximum absolute atomic E-state index is 12.7. The Kier molecular flexibility index (Phi) is 5.99. The Bertz CT molecular complexity index is 1300. The molecule has 0 saturated carbocycles. The Morgan fingerprint density at radius 3 is 2.62 bits per heavy atom. The summed E-state index contributed by atoms with van der Waals surface area (Å²) < 4.78 is 10.8. The van der Waals surface area contributed by atoms with Crippen LogP contribution in [-0.4, -0.2) is 48.9 Å². The topological polar surface area (TPSA) is 80.2 Å². The number of carbonyl (C=O) groups excluding carboxylic acids is 2. The van der Waals surface area contributed by atoms with E-state index in [2.05, 4.69) is 15.2 Å². The minimum Gasteiger partial charge on any atom is -0.496 e. The van der Waals surface area contributed by atoms with Crippen LogP contribution in [0.2, 0.25) is 0 Å². The van der Waals surface area contributed by atoms with Gasteiger partial charge in [0.15, 0.2) is 5.70 Å². The SMILES string of the molecule is COc1ccccc1C(=O)NC1CCN(/C=C2/N=C(c3cccc4ccccc34)OC2=O)CC1. The Hall–Kier alpha value is -4.13. The third kappa shape index (κ3) is 4.37. The number of nitrogens with zero attached hydrogens (tertiary/aromatic N) is 2. The Balaban J connectivity index is 1.24. The number of likely N-dealkylation sites (tertiary alicyclic amines) is 1. The molecule has 2 aliphatic rings. The van der Waals surface area contributed by atoms with Crippen LogP contribution in [0.15, 0.2) is 83.6 Å². The van der Waals surface area contributed by atoms with Gasteiger partial charge in [0.05, 0.1) is 12.7 Å². The first-order chi connectivity index (χ1) is 16.6. The highest BCUT2D eigenvalue weighted by Gasteiger charge is 2.27. The predicted octanol–water partition coefficient (Wildman–Crippen LogP) is 3.89. The molecule has 2 aliphatic heterocycles. The molecule has 0 bridgehead atoms. The monoisotopic (exact) mass is 455 g/mol. The Labute approximate surface area is 197 Å². The minimum atomic E-state index is -0.450. The summed E-state index contributed by atoms with van der Waals surface area (Å²) in [4.78, 5) is 31.7. The first kappa shape index (κ1) is 21.7. The van der Waals surface area contributed by atoms with E-state index in [4.69, 9.17) is 9.47 Å². The summed E-state index contributed by atoms with van der Waals surface area (Å²) in [6.07, 6.45) is 3.29. The summed E-state index contributed by atoms with van der Waals surface area (Å²) in [7, 11) is 1.56. The zero-order valence-electron chi connectivity index (χ0n) is 18.9. The van der Waals surface area contributed by atoms with Crippen molar-refractivity contribution in [3.63, 3.8) is 0 Å². The van der Waals surface area contributed by atoms with Crippen molar-refractivity contribution in [2.45, 2.75) is 18.9 Å². The highest BCUT2D eigenvalue weighted by atomic mass is 16.6. The smallest absolute Gasteiger partial charge is 0.365 e. The van der Waals surface area contributed by atoms with E-state index in [0.717, 1.165) is 29.2 Å². The highest BCUT2D eigenvalue weighted by molar-refractivity contribution is 6.16. The first-order valence-corrected chi connectivity index (χ1v) is 11.3. The van der Waals surface area contributed by atoms with Gasteiger partial charge in [0.25, 0.3) is 5.91 Å². The molecule has 0 aromatic heterocycles. The second-order valence-corrected chi connectivity index (χ2v) is 8.33. The van der Waals surface area contributed by atoms with Crippen LogP contribution in [0.25, 0.3) is 10.8 Å². The average Bonchev–Trinajstić information content (AvgIpc) is 3.24. The maximum atomic E-state index is 12.7. The van der Waals surface area contributed by atoms with Crippen molar-refractivity contribution in [1.29, 1.82) is 0 Å². The number of esters is 1. The first-order valence-electron chi connectivity index (χ1n) is 11.3. The normalized spacial score (nSPS) is 17.6. The zero-order valence-corrected chi connectivity index (χ0v) is 18.9. The van der Waals surface area contributed by atoms with Gasteiger partial charge >= 0.3 is 5.97 Å². The van der Waals surface area contributed by atoms with Gasteiger partial charge < -0.3 is 19.7 Å². The molecular formula is C27H25N3O4. The Morgan fingerprint density at radius 2 is 1.79 bits per heavy atom. The lowest BCUT2D eigenvalue weighted by Crippen LogP contribution is -2.43. The average molecular weight is 456 g/mol. The maximum Gasteiger partial charge on any atom is 0.365 e. The summed E-state index contributed by atoms with van der Waals surface area (Å²) in [5.41, 5.74) is 1.62. The van der Waals surface area contributed by atoms with Crippen LogP contribution in [0, 0.1) is 0 Å². The van der Waals surface area contributed by atoms with Gasteiger partial charge in [-0.3, -0.25) is 4.79 Å². The molecule has 0 spiro atoms. The van der Waals surface area contributed by atoms with Crippen molar-refractivity contribution in [2.24, 2.45) is 4.99 Å². The van der Waals surface area contributed by atoms with Gasteiger partial charge in [0.1, 0.15) is 5.75 Å². The molecule has 0 unspecified atom stereocenters. The van der Waals surface area contributed by atoms with Gasteiger partial charge in [-0.15, -0.1) is 0 Å². The van der Waals surface area contributed by atoms with Crippen LogP contribution < -0.4 is 10.1 Å². The Morgan fingerprint density at radius 1 is 1.06 bits per heavy atom. The van der Waals surface area contributed by atoms with Crippen LogP contribution >= 0.6 is 0 Å². The van der Waals surface area contributed by atoms with E-state index < -0.39 is 5.97 Å². The fourth-order valence-electron chi connectivity index (χ4n) is 4.37. The summed E-state index contributed by atoms with van der Waals surface area (Å²) in [5, 5.41) is 5.15. The largest absolute Gasteiger partial charge is 0.496 e. The number of carbonyl (C=O) groups is 2. The van der Waals surface area contributed by atoms with Gasteiger partial charge in [0, 0.05) is 30.9 Å². The molecule has 1 N–H and O–H groups in total. The molecule has 1 amide bonds. The third-order valence-electron chi connectivity index (χ3n) is 6.16. The molecule has 0 aliphatic carbocycles. The van der Waals surface area contributed by atoms with Crippen molar-refractivity contribution in [3.8, 4) is 5.75 Å². The summed E-state index contributed by atoms with van der Waals surface area (Å²) >= 11 is 0. The molecular weight excluding hydrogens is 430 g/mol. The van der Waals surface area contributed by atoms with Crippen LogP contribution in [0.3, 0.4) is 0 Å². The van der Waals surface area contributed by atoms with Gasteiger partial charge in [-0.25, -0.2) is 9.79 Å². The molecule has 3 aromatic rings. The second-order valence-electron chi connectivity index (χ2n) is 8.33. The molecule has 34 heavy (non-hydrogen) atoms. The molecule has 172 valence electrons. The fraction of sp³-hybridized carbons (Fsp3) is 0.222. The highest BCUT2D eigenvalue weighted by Crippen LogP contribution is 2.25. The van der Waals surface area contributed by atoms with Gasteiger partial charge in [-0.2, -0.15) is 0 Å². The van der Waals surface area contributed by atoms with E-state index in [1.807, 2.05) is 54.6 Å². The van der Waals surface area contributed by atoms with E-state index in [0.29, 0.717) is 36.0 Å². The quantitative estimate of drug-likeness (QED) is 0.466. The van der Waals surface area contributed by atoms with Crippen LogP contribution in [0.5, 0.6) is 5.75 Å². The molecule has 1 fully saturated rings. The lowest BCUT2D eigenvalue weighted by atomic mass is 10.0. The predicted molar refractivity (Wildman–Crippen MR) is 130 cm³/mol. The van der Waals surface area contributed by atoms with Gasteiger partial charge in [-0.1, -0.05) is 48.5 Å². The number of hydrogen-bond donors (Lipinski definition) is 1. The van der Waals surface area contributed by atoms with Gasteiger partial charge in [0.2, 0.25) is 5.90 Å². The van der Waals surface area contributed by atoms with E-state index in [9.17, 15) is 9.59 Å². The number of aliphatic imine (C=N–C) groups is 1. The standard InChI is InChI=1S/C27H25N3O4/c1-33-24-12-5-4-10-22(24)25(31)28-19-13-15-30(16-14-19)17-23-27(32)34-26(29-23)21-11-6-8-18-7-2-3-9-20(18)21/h2-12,17,19H,13-16H2,1H3,(H,28,31)/b23-17+. The van der Waals surface area contributed by atoms with Crippen LogP contribution in [0.1, 0.15) is 28.8 Å². The van der Waals surface area contributed by atoms with Crippen molar-refractivity contribution < 1.29 is 19.1 Å². The molecule has 7 nitrogen and oxygen atoms in total. The van der Waals surface area contributed by atoms with Crippen molar-refractivity contribution in [3.05, 3.63) is 89.8 Å². The number of nitrogens with one attached hydrogen (secondary N) is 1. The fourth-order valence-corrected chi connectivity index (χ4v) is 4.37. The molecule has 1 saturated heterocycles. The van der Waals surface area contributed by atoms with E-state index in [1.54, 1.807) is 25.4 Å². The zero-order chi connectivity index (χ0) is 23.5. The van der Waals surface area contributed by atoms with Gasteiger partial charge in [-0.05, 0) is 41.8 Å². The third-order valence-corrected chi connectivity index (χ3v) is 6.16. The van der Waals surface area contributed by atoms with Crippen LogP contribution in [0.4, 0.5) is 0 Å². The van der Waals surface area contributed by atoms with Crippen molar-refractivity contribution >= 4 is 28.5 Å². The van der Waals surface area contributed by atoms with E-state index in [1.165, 1.54) is 0 Å². The number of methoxy groups -OCH3 is 1. The molecule has 5 rings (SSSR count). The number of ether oxygens (including phenoxy) is 2. The lowest BCUT2D eigenvalue weighted by Gasteiger charge is -2.31. The number of rotatable bonds is 5. The number of benzene rings is 3. The second kappa shape index (κ2) is 9.39. The molecule has 2 heterocycles. The lowest BCUT2D eigenvalue weighted by molar-refractivity contribution is -0.130. The van der Waals surface area contributed by atoms with Crippen LogP contribution in [-0.2, 0) is 9.53 Å². The molecule has 0 atom stereocenters. The van der Waals surface area contributed by atoms with Crippen molar-refractivity contribution in [1.82, 2.24) is 10.2 Å². The van der Waals surface area contributed by atoms with E-state index in [-0.39, 0.29) is 11.9 Å². The molecule has 7 heteroatoms. The van der Waals surface area contributed by atoms with E-state index >= 15 is 0 Å². The number of piperidine rings is 1. The number of para-hydroxylation sites is 1.